The van der Waals surface area contributed by atoms with Gasteiger partial charge in [-0.15, -0.1) is 0 Å². The summed E-state index contributed by atoms with van der Waals surface area (Å²) < 4.78 is 11.0. The van der Waals surface area contributed by atoms with Crippen LogP contribution in [0.2, 0.25) is 10.0 Å². The molecule has 0 bridgehead atoms. The monoisotopic (exact) mass is 480 g/mol. The van der Waals surface area contributed by atoms with Crippen LogP contribution in [0.5, 0.6) is 5.75 Å². The molecule has 4 rings (SSSR count). The number of fused-ring (bicyclic) bond motifs is 1. The summed E-state index contributed by atoms with van der Waals surface area (Å²) in [5.41, 5.74) is 2.22. The van der Waals surface area contributed by atoms with E-state index < -0.39 is 5.91 Å². The number of rotatable bonds is 6. The minimum Gasteiger partial charge on any atom is -0.494 e. The van der Waals surface area contributed by atoms with Crippen LogP contribution in [0.4, 0.5) is 11.4 Å². The second kappa shape index (κ2) is 9.81. The maximum Gasteiger partial charge on any atom is 0.291 e. The van der Waals surface area contributed by atoms with Crippen molar-refractivity contribution >= 4 is 63.4 Å². The summed E-state index contributed by atoms with van der Waals surface area (Å²) in [6.45, 7) is 0. The average Bonchev–Trinajstić information content (AvgIpc) is 3.24. The van der Waals surface area contributed by atoms with Gasteiger partial charge in [-0.25, -0.2) is 0 Å². The number of nitrogens with one attached hydrogen (secondary N) is 2. The Bertz CT molecular complexity index is 1350. The lowest BCUT2D eigenvalue weighted by atomic mass is 10.2. The van der Waals surface area contributed by atoms with Crippen molar-refractivity contribution < 1.29 is 18.7 Å². The largest absolute Gasteiger partial charge is 0.494 e. The van der Waals surface area contributed by atoms with Crippen LogP contribution in [-0.4, -0.2) is 18.9 Å². The van der Waals surface area contributed by atoms with E-state index in [-0.39, 0.29) is 11.7 Å². The molecule has 0 unspecified atom stereocenters. The van der Waals surface area contributed by atoms with Crippen LogP contribution in [0, 0.1) is 0 Å². The van der Waals surface area contributed by atoms with Gasteiger partial charge in [0.15, 0.2) is 5.76 Å². The van der Waals surface area contributed by atoms with Crippen molar-refractivity contribution in [2.24, 2.45) is 0 Å². The highest BCUT2D eigenvalue weighted by Crippen LogP contribution is 2.29. The molecular weight excluding hydrogens is 463 g/mol. The Labute approximate surface area is 199 Å². The van der Waals surface area contributed by atoms with Crippen molar-refractivity contribution in [2.75, 3.05) is 17.7 Å². The lowest BCUT2D eigenvalue weighted by molar-refractivity contribution is -0.111. The number of methoxy groups -OCH3 is 1. The molecule has 0 spiro atoms. The fourth-order valence-corrected chi connectivity index (χ4v) is 3.61. The second-order valence-corrected chi connectivity index (χ2v) is 7.85. The van der Waals surface area contributed by atoms with Crippen molar-refractivity contribution in [2.45, 2.75) is 0 Å². The number of hydrogen-bond acceptors (Lipinski definition) is 4. The Morgan fingerprint density at radius 3 is 2.55 bits per heavy atom. The molecular formula is C25H18Cl2N2O4. The zero-order valence-corrected chi connectivity index (χ0v) is 18.9. The Hall–Kier alpha value is -3.74. The molecule has 0 aliphatic carbocycles. The van der Waals surface area contributed by atoms with E-state index in [2.05, 4.69) is 10.6 Å². The van der Waals surface area contributed by atoms with Gasteiger partial charge in [-0.05, 0) is 48.0 Å². The number of hydrogen-bond donors (Lipinski definition) is 2. The van der Waals surface area contributed by atoms with Gasteiger partial charge in [0.2, 0.25) is 5.91 Å². The Morgan fingerprint density at radius 2 is 1.79 bits per heavy atom. The fraction of sp³-hybridized carbons (Fsp3) is 0.0400. The van der Waals surface area contributed by atoms with E-state index in [9.17, 15) is 9.59 Å². The molecule has 1 aromatic heterocycles. The number of furan rings is 1. The summed E-state index contributed by atoms with van der Waals surface area (Å²) in [5, 5.41) is 7.30. The van der Waals surface area contributed by atoms with Gasteiger partial charge in [0.05, 0.1) is 12.8 Å². The van der Waals surface area contributed by atoms with Gasteiger partial charge >= 0.3 is 0 Å². The molecule has 0 aliphatic rings. The third kappa shape index (κ3) is 5.37. The Kier molecular flexibility index (Phi) is 6.68. The zero-order valence-electron chi connectivity index (χ0n) is 17.4. The normalized spacial score (nSPS) is 11.0. The summed E-state index contributed by atoms with van der Waals surface area (Å²) in [7, 11) is 1.47. The van der Waals surface area contributed by atoms with Gasteiger partial charge in [0, 0.05) is 33.3 Å². The number of amides is 2. The smallest absolute Gasteiger partial charge is 0.291 e. The summed E-state index contributed by atoms with van der Waals surface area (Å²) in [6.07, 6.45) is 2.95. The van der Waals surface area contributed by atoms with Crippen LogP contribution in [0.15, 0.2) is 77.2 Å². The highest BCUT2D eigenvalue weighted by Gasteiger charge is 2.15. The first-order chi connectivity index (χ1) is 15.9. The molecule has 6 nitrogen and oxygen atoms in total. The number of para-hydroxylation sites is 1. The molecule has 0 radical (unpaired) electrons. The summed E-state index contributed by atoms with van der Waals surface area (Å²) in [6, 6.07) is 18.9. The molecule has 2 N–H and O–H groups in total. The van der Waals surface area contributed by atoms with Crippen LogP contribution in [-0.2, 0) is 4.79 Å². The quantitative estimate of drug-likeness (QED) is 0.302. The highest BCUT2D eigenvalue weighted by molar-refractivity contribution is 6.35. The zero-order chi connectivity index (χ0) is 23.4. The predicted molar refractivity (Wildman–Crippen MR) is 131 cm³/mol. The summed E-state index contributed by atoms with van der Waals surface area (Å²) in [5.74, 6) is -0.213. The van der Waals surface area contributed by atoms with Crippen molar-refractivity contribution in [3.05, 3.63) is 94.2 Å². The minimum atomic E-state index is -0.413. The number of carbonyl (C=O) groups is 2. The van der Waals surface area contributed by atoms with E-state index in [1.807, 2.05) is 18.2 Å². The van der Waals surface area contributed by atoms with Crippen molar-refractivity contribution in [1.82, 2.24) is 0 Å². The molecule has 0 atom stereocenters. The number of halogens is 2. The van der Waals surface area contributed by atoms with Crippen LogP contribution in [0.1, 0.15) is 16.1 Å². The van der Waals surface area contributed by atoms with E-state index in [4.69, 9.17) is 32.4 Å². The standard InChI is InChI=1S/C25H18Cl2N2O4/c1-32-22-14-18(28-24(30)11-7-15-6-8-17(26)13-19(15)27)9-10-20(22)29-25(31)23-12-16-4-2-3-5-21(16)33-23/h2-14H,1H3,(H,28,30)(H,29,31). The van der Waals surface area contributed by atoms with Crippen LogP contribution < -0.4 is 15.4 Å². The molecule has 8 heteroatoms. The number of anilines is 2. The van der Waals surface area contributed by atoms with Crippen LogP contribution >= 0.6 is 23.2 Å². The molecule has 3 aromatic carbocycles. The number of ether oxygens (including phenoxy) is 1. The third-order valence-electron chi connectivity index (χ3n) is 4.74. The first-order valence-electron chi connectivity index (χ1n) is 9.85. The summed E-state index contributed by atoms with van der Waals surface area (Å²) >= 11 is 12.0. The molecule has 2 amide bonds. The number of benzene rings is 3. The van der Waals surface area contributed by atoms with Gasteiger partial charge < -0.3 is 19.8 Å². The minimum absolute atomic E-state index is 0.182. The van der Waals surface area contributed by atoms with Gasteiger partial charge in [0.25, 0.3) is 5.91 Å². The van der Waals surface area contributed by atoms with E-state index in [1.54, 1.807) is 54.6 Å². The first-order valence-corrected chi connectivity index (χ1v) is 10.6. The lowest BCUT2D eigenvalue weighted by Crippen LogP contribution is -2.12. The maximum absolute atomic E-state index is 12.6. The summed E-state index contributed by atoms with van der Waals surface area (Å²) in [4.78, 5) is 24.9. The Morgan fingerprint density at radius 1 is 0.970 bits per heavy atom. The maximum atomic E-state index is 12.6. The first kappa shape index (κ1) is 22.5. The van der Waals surface area contributed by atoms with Gasteiger partial charge in [-0.1, -0.05) is 47.5 Å². The van der Waals surface area contributed by atoms with E-state index in [0.717, 1.165) is 5.39 Å². The van der Waals surface area contributed by atoms with E-state index in [0.29, 0.717) is 38.3 Å². The van der Waals surface area contributed by atoms with Gasteiger partial charge in [-0.2, -0.15) is 0 Å². The SMILES string of the molecule is COc1cc(NC(=O)C=Cc2ccc(Cl)cc2Cl)ccc1NC(=O)c1cc2ccccc2o1. The molecule has 0 fully saturated rings. The topological polar surface area (TPSA) is 80.6 Å². The van der Waals surface area contributed by atoms with Crippen LogP contribution in [0.3, 0.4) is 0 Å². The molecule has 166 valence electrons. The van der Waals surface area contributed by atoms with Crippen LogP contribution in [0.25, 0.3) is 17.0 Å². The fourth-order valence-electron chi connectivity index (χ4n) is 3.14. The molecule has 4 aromatic rings. The van der Waals surface area contributed by atoms with E-state index >= 15 is 0 Å². The van der Waals surface area contributed by atoms with E-state index in [1.165, 1.54) is 13.2 Å². The van der Waals surface area contributed by atoms with Crippen molar-refractivity contribution in [3.8, 4) is 5.75 Å². The van der Waals surface area contributed by atoms with Crippen molar-refractivity contribution in [3.63, 3.8) is 0 Å². The Balaban J connectivity index is 1.45. The molecule has 33 heavy (non-hydrogen) atoms. The van der Waals surface area contributed by atoms with Gasteiger partial charge in [0.1, 0.15) is 11.3 Å². The molecule has 0 saturated heterocycles. The van der Waals surface area contributed by atoms with Crippen molar-refractivity contribution in [1.29, 1.82) is 0 Å². The molecule has 0 saturated carbocycles. The molecule has 0 aliphatic heterocycles. The highest BCUT2D eigenvalue weighted by atomic mass is 35.5. The second-order valence-electron chi connectivity index (χ2n) is 7.01. The van der Waals surface area contributed by atoms with Gasteiger partial charge in [-0.3, -0.25) is 9.59 Å². The molecule has 1 heterocycles. The average molecular weight is 481 g/mol. The predicted octanol–water partition coefficient (Wildman–Crippen LogP) is 6.65. The third-order valence-corrected chi connectivity index (χ3v) is 5.31. The lowest BCUT2D eigenvalue weighted by Gasteiger charge is -2.11. The number of carbonyl (C=O) groups excluding carboxylic acids is 2.